The molecule has 0 saturated carbocycles. The fraction of sp³-hybridized carbons (Fsp3) is 0. The molecule has 13 heavy (non-hydrogen) atoms. The van der Waals surface area contributed by atoms with Gasteiger partial charge in [-0.2, -0.15) is 0 Å². The third-order valence-electron chi connectivity index (χ3n) is 1.28. The molecule has 6 heteroatoms. The summed E-state index contributed by atoms with van der Waals surface area (Å²) in [6, 6.07) is 1.78. The zero-order chi connectivity index (χ0) is 9.10. The van der Waals surface area contributed by atoms with E-state index in [1.165, 1.54) is 11.8 Å². The van der Waals surface area contributed by atoms with Crippen molar-refractivity contribution in [3.8, 4) is 0 Å². The van der Waals surface area contributed by atoms with Crippen molar-refractivity contribution in [2.45, 2.75) is 10.2 Å². The SMILES string of the molecule is Clc1nccc(Sc2ncc[nH]2)n1. The van der Waals surface area contributed by atoms with Gasteiger partial charge in [-0.15, -0.1) is 0 Å². The highest BCUT2D eigenvalue weighted by molar-refractivity contribution is 7.99. The summed E-state index contributed by atoms with van der Waals surface area (Å²) < 4.78 is 0. The molecule has 2 aromatic heterocycles. The molecule has 0 amide bonds. The molecular weight excluding hydrogens is 208 g/mol. The first-order valence-electron chi connectivity index (χ1n) is 3.50. The van der Waals surface area contributed by atoms with Crippen LogP contribution in [-0.2, 0) is 0 Å². The van der Waals surface area contributed by atoms with Crippen LogP contribution in [0.5, 0.6) is 0 Å². The number of nitrogens with zero attached hydrogens (tertiary/aromatic N) is 3. The summed E-state index contributed by atoms with van der Waals surface area (Å²) in [5.41, 5.74) is 0. The summed E-state index contributed by atoms with van der Waals surface area (Å²) >= 11 is 7.03. The predicted octanol–water partition coefficient (Wildman–Crippen LogP) is 2.00. The molecule has 0 spiro atoms. The molecule has 0 aliphatic rings. The molecule has 66 valence electrons. The summed E-state index contributed by atoms with van der Waals surface area (Å²) in [6.45, 7) is 0. The van der Waals surface area contributed by atoms with E-state index in [9.17, 15) is 0 Å². The van der Waals surface area contributed by atoms with Gasteiger partial charge in [0.05, 0.1) is 0 Å². The van der Waals surface area contributed by atoms with Gasteiger partial charge in [-0.1, -0.05) is 0 Å². The first kappa shape index (κ1) is 8.52. The van der Waals surface area contributed by atoms with Crippen molar-refractivity contribution in [2.75, 3.05) is 0 Å². The second-order valence-electron chi connectivity index (χ2n) is 2.16. The number of nitrogens with one attached hydrogen (secondary N) is 1. The number of hydrogen-bond donors (Lipinski definition) is 1. The van der Waals surface area contributed by atoms with Gasteiger partial charge in [-0.3, -0.25) is 0 Å². The van der Waals surface area contributed by atoms with Crippen molar-refractivity contribution in [2.24, 2.45) is 0 Å². The van der Waals surface area contributed by atoms with Crippen molar-refractivity contribution < 1.29 is 0 Å². The molecule has 0 aliphatic heterocycles. The van der Waals surface area contributed by atoms with Crippen LogP contribution in [0.1, 0.15) is 0 Å². The zero-order valence-electron chi connectivity index (χ0n) is 6.44. The van der Waals surface area contributed by atoms with Crippen LogP contribution >= 0.6 is 23.4 Å². The summed E-state index contributed by atoms with van der Waals surface area (Å²) in [6.07, 6.45) is 5.05. The Bertz CT molecular complexity index is 389. The van der Waals surface area contributed by atoms with E-state index < -0.39 is 0 Å². The maximum absolute atomic E-state index is 5.62. The van der Waals surface area contributed by atoms with Crippen LogP contribution < -0.4 is 0 Å². The minimum Gasteiger partial charge on any atom is -0.339 e. The number of aromatic nitrogens is 4. The second kappa shape index (κ2) is 3.76. The maximum Gasteiger partial charge on any atom is 0.223 e. The maximum atomic E-state index is 5.62. The first-order valence-corrected chi connectivity index (χ1v) is 4.70. The molecule has 4 nitrogen and oxygen atoms in total. The molecule has 2 rings (SSSR count). The smallest absolute Gasteiger partial charge is 0.223 e. The summed E-state index contributed by atoms with van der Waals surface area (Å²) in [5, 5.41) is 1.81. The van der Waals surface area contributed by atoms with Gasteiger partial charge in [0.2, 0.25) is 5.28 Å². The van der Waals surface area contributed by atoms with Crippen LogP contribution in [0.15, 0.2) is 34.8 Å². The van der Waals surface area contributed by atoms with E-state index in [1.807, 2.05) is 0 Å². The Labute approximate surface area is 83.8 Å². The van der Waals surface area contributed by atoms with E-state index >= 15 is 0 Å². The van der Waals surface area contributed by atoms with Crippen molar-refractivity contribution >= 4 is 23.4 Å². The van der Waals surface area contributed by atoms with Crippen molar-refractivity contribution in [1.29, 1.82) is 0 Å². The van der Waals surface area contributed by atoms with Gasteiger partial charge in [0, 0.05) is 18.6 Å². The Morgan fingerprint density at radius 3 is 2.92 bits per heavy atom. The quantitative estimate of drug-likeness (QED) is 0.611. The van der Waals surface area contributed by atoms with Crippen LogP contribution in [0.3, 0.4) is 0 Å². The monoisotopic (exact) mass is 212 g/mol. The van der Waals surface area contributed by atoms with E-state index in [2.05, 4.69) is 19.9 Å². The van der Waals surface area contributed by atoms with Gasteiger partial charge in [0.1, 0.15) is 5.03 Å². The van der Waals surface area contributed by atoms with Gasteiger partial charge >= 0.3 is 0 Å². The topological polar surface area (TPSA) is 54.5 Å². The zero-order valence-corrected chi connectivity index (χ0v) is 8.01. The number of rotatable bonds is 2. The Hall–Kier alpha value is -1.07. The summed E-state index contributed by atoms with van der Waals surface area (Å²) in [7, 11) is 0. The number of halogens is 1. The van der Waals surface area contributed by atoms with Gasteiger partial charge in [-0.25, -0.2) is 15.0 Å². The first-order chi connectivity index (χ1) is 6.34. The van der Waals surface area contributed by atoms with Crippen LogP contribution in [0.4, 0.5) is 0 Å². The van der Waals surface area contributed by atoms with E-state index in [0.29, 0.717) is 0 Å². The van der Waals surface area contributed by atoms with Crippen molar-refractivity contribution in [1.82, 2.24) is 19.9 Å². The van der Waals surface area contributed by atoms with E-state index in [-0.39, 0.29) is 5.28 Å². The van der Waals surface area contributed by atoms with E-state index in [1.54, 1.807) is 24.7 Å². The Morgan fingerprint density at radius 1 is 1.31 bits per heavy atom. The molecule has 1 N–H and O–H groups in total. The molecule has 0 saturated heterocycles. The van der Waals surface area contributed by atoms with Crippen LogP contribution in [0.2, 0.25) is 5.28 Å². The lowest BCUT2D eigenvalue weighted by Gasteiger charge is -1.95. The number of H-pyrrole nitrogens is 1. The highest BCUT2D eigenvalue weighted by atomic mass is 35.5. The van der Waals surface area contributed by atoms with Crippen LogP contribution in [0, 0.1) is 0 Å². The molecular formula is C7H5ClN4S. The van der Waals surface area contributed by atoms with E-state index in [4.69, 9.17) is 11.6 Å². The minimum atomic E-state index is 0.247. The summed E-state index contributed by atoms with van der Waals surface area (Å²) in [5.74, 6) is 0. The van der Waals surface area contributed by atoms with Crippen LogP contribution in [0.25, 0.3) is 0 Å². The molecule has 0 radical (unpaired) electrons. The normalized spacial score (nSPS) is 10.2. The number of aromatic amines is 1. The minimum absolute atomic E-state index is 0.247. The van der Waals surface area contributed by atoms with E-state index in [0.717, 1.165) is 10.2 Å². The average Bonchev–Trinajstić information content (AvgIpc) is 2.57. The Balaban J connectivity index is 2.19. The molecule has 0 bridgehead atoms. The highest BCUT2D eigenvalue weighted by Gasteiger charge is 2.00. The Kier molecular flexibility index (Phi) is 2.47. The largest absolute Gasteiger partial charge is 0.339 e. The fourth-order valence-corrected chi connectivity index (χ4v) is 1.68. The molecule has 2 aromatic rings. The van der Waals surface area contributed by atoms with Gasteiger partial charge < -0.3 is 4.98 Å². The molecule has 0 fully saturated rings. The fourth-order valence-electron chi connectivity index (χ4n) is 0.782. The predicted molar refractivity (Wildman–Crippen MR) is 49.8 cm³/mol. The van der Waals surface area contributed by atoms with Crippen LogP contribution in [-0.4, -0.2) is 19.9 Å². The van der Waals surface area contributed by atoms with Gasteiger partial charge in [0.25, 0.3) is 0 Å². The Morgan fingerprint density at radius 2 is 2.23 bits per heavy atom. The highest BCUT2D eigenvalue weighted by Crippen LogP contribution is 2.22. The van der Waals surface area contributed by atoms with Gasteiger partial charge in [0.15, 0.2) is 5.16 Å². The standard InChI is InChI=1S/C7H5ClN4S/c8-6-9-2-1-5(12-6)13-7-10-3-4-11-7/h1-4H,(H,10,11). The number of imidazole rings is 1. The van der Waals surface area contributed by atoms with Crippen molar-refractivity contribution in [3.63, 3.8) is 0 Å². The third kappa shape index (κ3) is 2.19. The summed E-state index contributed by atoms with van der Waals surface area (Å²) in [4.78, 5) is 14.8. The second-order valence-corrected chi connectivity index (χ2v) is 3.51. The van der Waals surface area contributed by atoms with Gasteiger partial charge in [-0.05, 0) is 29.4 Å². The number of hydrogen-bond acceptors (Lipinski definition) is 4. The molecule has 0 aromatic carbocycles. The molecule has 0 atom stereocenters. The molecule has 0 unspecified atom stereocenters. The molecule has 2 heterocycles. The lowest BCUT2D eigenvalue weighted by atomic mass is 10.7. The lowest BCUT2D eigenvalue weighted by molar-refractivity contribution is 1.02. The lowest BCUT2D eigenvalue weighted by Crippen LogP contribution is -1.84. The third-order valence-corrected chi connectivity index (χ3v) is 2.31. The molecule has 0 aliphatic carbocycles. The van der Waals surface area contributed by atoms with Crippen molar-refractivity contribution in [3.05, 3.63) is 29.9 Å². The average molecular weight is 213 g/mol.